The number of hydrogen-bond acceptors (Lipinski definition) is 5. The van der Waals surface area contributed by atoms with Crippen LogP contribution in [0.1, 0.15) is 174 Å². The standard InChI is InChI=1S/C45H86NO6P/c1-6-7-8-18-23-37(2)24-19-14-10-9-12-16-21-31-49-35-39(36-52-53(47,48)51-33-30-46(3,4)5)50-32-22-17-13-11-15-20-25-38-26-27-42-43(34-38)45-41-29-28-40(41)44(42)45/h37-45H,6-36H2,1-5H3/p+1/t37?,38?,39-,40?,41?,42?,43?,44?,45?/m1/s1. The highest BCUT2D eigenvalue weighted by Gasteiger charge is 2.68. The molecular weight excluding hydrogens is 681 g/mol. The number of ether oxygens (including phenoxy) is 2. The largest absolute Gasteiger partial charge is 0.472 e. The average Bonchev–Trinajstić information content (AvgIpc) is 3.10. The lowest BCUT2D eigenvalue weighted by Crippen LogP contribution is -2.69. The third-order valence-electron chi connectivity index (χ3n) is 14.0. The van der Waals surface area contributed by atoms with E-state index in [1.165, 1.54) is 133 Å². The average molecular weight is 769 g/mol. The Hall–Kier alpha value is -0.0100. The van der Waals surface area contributed by atoms with Crippen LogP contribution >= 0.6 is 7.82 Å². The molecular formula is C45H87NO6P+. The van der Waals surface area contributed by atoms with Crippen molar-refractivity contribution in [3.8, 4) is 0 Å². The van der Waals surface area contributed by atoms with Gasteiger partial charge in [-0.15, -0.1) is 0 Å². The van der Waals surface area contributed by atoms with Crippen molar-refractivity contribution >= 4 is 7.82 Å². The van der Waals surface area contributed by atoms with Crippen molar-refractivity contribution < 1.29 is 32.5 Å². The van der Waals surface area contributed by atoms with E-state index in [0.29, 0.717) is 30.8 Å². The lowest BCUT2D eigenvalue weighted by Gasteiger charge is -2.74. The zero-order valence-electron chi connectivity index (χ0n) is 35.5. The van der Waals surface area contributed by atoms with E-state index in [1.807, 2.05) is 21.1 Å². The molecule has 0 spiro atoms. The van der Waals surface area contributed by atoms with E-state index in [9.17, 15) is 9.46 Å². The molecule has 0 aromatic carbocycles. The Labute approximate surface area is 328 Å². The molecule has 0 saturated heterocycles. The molecule has 4 rings (SSSR count). The minimum Gasteiger partial charge on any atom is -0.379 e. The number of fused-ring (bicyclic) bond motifs is 7. The molecule has 4 fully saturated rings. The van der Waals surface area contributed by atoms with Gasteiger partial charge in [0.2, 0.25) is 0 Å². The molecule has 0 amide bonds. The van der Waals surface area contributed by atoms with Gasteiger partial charge < -0.3 is 18.9 Å². The summed E-state index contributed by atoms with van der Waals surface area (Å²) in [7, 11) is 1.94. The molecule has 9 unspecified atom stereocenters. The Balaban J connectivity index is 0.993. The summed E-state index contributed by atoms with van der Waals surface area (Å²) in [6, 6.07) is 0. The van der Waals surface area contributed by atoms with E-state index in [0.717, 1.165) is 48.9 Å². The van der Waals surface area contributed by atoms with Crippen molar-refractivity contribution in [1.82, 2.24) is 0 Å². The predicted octanol–water partition coefficient (Wildman–Crippen LogP) is 12.0. The SMILES string of the molecule is CCCCCCC(C)CCCCCCCCCOC[C@H](COP(=O)(O)OCC[N+](C)(C)C)OCCCCCCCCC1CCC2C(C1)C1C3CCC3C21. The molecule has 0 heterocycles. The van der Waals surface area contributed by atoms with Crippen LogP contribution in [0.15, 0.2) is 0 Å². The van der Waals surface area contributed by atoms with Crippen LogP contribution in [-0.4, -0.2) is 76.2 Å². The maximum atomic E-state index is 12.5. The highest BCUT2D eigenvalue weighted by molar-refractivity contribution is 7.47. The molecule has 53 heavy (non-hydrogen) atoms. The fourth-order valence-corrected chi connectivity index (χ4v) is 11.4. The first kappa shape index (κ1) is 45.7. The summed E-state index contributed by atoms with van der Waals surface area (Å²) in [5.74, 6) is 8.84. The summed E-state index contributed by atoms with van der Waals surface area (Å²) < 4.78 is 36.0. The molecule has 0 aliphatic heterocycles. The summed E-state index contributed by atoms with van der Waals surface area (Å²) in [4.78, 5) is 10.3. The van der Waals surface area contributed by atoms with Gasteiger partial charge in [-0.05, 0) is 85.9 Å². The lowest BCUT2D eigenvalue weighted by atomic mass is 9.30. The van der Waals surface area contributed by atoms with Crippen LogP contribution in [0.5, 0.6) is 0 Å². The molecule has 8 heteroatoms. The summed E-state index contributed by atoms with van der Waals surface area (Å²) in [5.41, 5.74) is 0. The Morgan fingerprint density at radius 3 is 1.83 bits per heavy atom. The van der Waals surface area contributed by atoms with Gasteiger partial charge in [-0.2, -0.15) is 0 Å². The van der Waals surface area contributed by atoms with Gasteiger partial charge in [-0.3, -0.25) is 9.05 Å². The summed E-state index contributed by atoms with van der Waals surface area (Å²) in [6.45, 7) is 7.21. The fraction of sp³-hybridized carbons (Fsp3) is 1.00. The topological polar surface area (TPSA) is 74.2 Å². The van der Waals surface area contributed by atoms with E-state index in [2.05, 4.69) is 13.8 Å². The highest BCUT2D eigenvalue weighted by atomic mass is 31.2. The zero-order valence-corrected chi connectivity index (χ0v) is 36.4. The van der Waals surface area contributed by atoms with Gasteiger partial charge in [0.15, 0.2) is 0 Å². The second kappa shape index (κ2) is 24.7. The Kier molecular flexibility index (Phi) is 21.3. The van der Waals surface area contributed by atoms with Gasteiger partial charge >= 0.3 is 7.82 Å². The molecule has 0 aromatic heterocycles. The van der Waals surface area contributed by atoms with Crippen molar-refractivity contribution in [3.05, 3.63) is 0 Å². The summed E-state index contributed by atoms with van der Waals surface area (Å²) >= 11 is 0. The highest BCUT2D eigenvalue weighted by Crippen LogP contribution is 2.74. The second-order valence-electron chi connectivity index (χ2n) is 19.4. The van der Waals surface area contributed by atoms with Crippen LogP contribution < -0.4 is 0 Å². The van der Waals surface area contributed by atoms with Gasteiger partial charge in [0.25, 0.3) is 0 Å². The van der Waals surface area contributed by atoms with Gasteiger partial charge in [-0.25, -0.2) is 4.57 Å². The van der Waals surface area contributed by atoms with Crippen molar-refractivity contribution in [1.29, 1.82) is 0 Å². The molecule has 4 aliphatic carbocycles. The first-order valence-electron chi connectivity index (χ1n) is 23.2. The van der Waals surface area contributed by atoms with Crippen LogP contribution in [0.4, 0.5) is 0 Å². The molecule has 0 bridgehead atoms. The van der Waals surface area contributed by atoms with Gasteiger partial charge in [0.05, 0.1) is 34.4 Å². The normalized spacial score (nSPS) is 28.5. The first-order chi connectivity index (χ1) is 25.6. The second-order valence-corrected chi connectivity index (χ2v) is 20.8. The molecule has 312 valence electrons. The quantitative estimate of drug-likeness (QED) is 0.0399. The number of hydrogen-bond donors (Lipinski definition) is 1. The van der Waals surface area contributed by atoms with Gasteiger partial charge in [0, 0.05) is 13.2 Å². The Morgan fingerprint density at radius 1 is 0.642 bits per heavy atom. The maximum absolute atomic E-state index is 12.5. The number of likely N-dealkylation sites (N-methyl/N-ethyl adjacent to an activating group) is 1. The van der Waals surface area contributed by atoms with Crippen molar-refractivity contribution in [2.75, 3.05) is 60.7 Å². The van der Waals surface area contributed by atoms with Crippen LogP contribution in [0.3, 0.4) is 0 Å². The molecule has 7 nitrogen and oxygen atoms in total. The number of rotatable bonds is 34. The summed E-state index contributed by atoms with van der Waals surface area (Å²) in [6.07, 6.45) is 33.6. The van der Waals surface area contributed by atoms with Gasteiger partial charge in [0.1, 0.15) is 19.3 Å². The van der Waals surface area contributed by atoms with E-state index in [-0.39, 0.29) is 19.3 Å². The van der Waals surface area contributed by atoms with Crippen LogP contribution in [0, 0.1) is 47.3 Å². The Bertz CT molecular complexity index is 1000. The fourth-order valence-electron chi connectivity index (χ4n) is 10.6. The van der Waals surface area contributed by atoms with Crippen LogP contribution in [0.25, 0.3) is 0 Å². The van der Waals surface area contributed by atoms with Crippen LogP contribution in [0.2, 0.25) is 0 Å². The predicted molar refractivity (Wildman–Crippen MR) is 220 cm³/mol. The van der Waals surface area contributed by atoms with E-state index < -0.39 is 7.82 Å². The number of phosphoric ester groups is 1. The minimum atomic E-state index is -4.14. The molecule has 1 N–H and O–H groups in total. The molecule has 4 saturated carbocycles. The van der Waals surface area contributed by atoms with Crippen molar-refractivity contribution in [2.24, 2.45) is 47.3 Å². The van der Waals surface area contributed by atoms with Crippen molar-refractivity contribution in [2.45, 2.75) is 180 Å². The van der Waals surface area contributed by atoms with Crippen LogP contribution in [-0.2, 0) is 23.1 Å². The number of unbranched alkanes of at least 4 members (excludes halogenated alkanes) is 14. The van der Waals surface area contributed by atoms with E-state index in [4.69, 9.17) is 18.5 Å². The number of phosphoric acid groups is 1. The lowest BCUT2D eigenvalue weighted by molar-refractivity contribution is -0.870. The first-order valence-corrected chi connectivity index (χ1v) is 24.7. The monoisotopic (exact) mass is 769 g/mol. The third kappa shape index (κ3) is 16.8. The smallest absolute Gasteiger partial charge is 0.379 e. The van der Waals surface area contributed by atoms with E-state index in [1.54, 1.807) is 25.7 Å². The maximum Gasteiger partial charge on any atom is 0.472 e. The molecule has 0 radical (unpaired) electrons. The van der Waals surface area contributed by atoms with Crippen molar-refractivity contribution in [3.63, 3.8) is 0 Å². The minimum absolute atomic E-state index is 0.000914. The third-order valence-corrected chi connectivity index (χ3v) is 15.0. The number of quaternary nitrogens is 1. The molecule has 4 aliphatic rings. The zero-order chi connectivity index (χ0) is 37.9. The van der Waals surface area contributed by atoms with Gasteiger partial charge in [-0.1, -0.05) is 136 Å². The van der Waals surface area contributed by atoms with E-state index >= 15 is 0 Å². The number of nitrogens with zero attached hydrogens (tertiary/aromatic N) is 1. The summed E-state index contributed by atoms with van der Waals surface area (Å²) in [5, 5.41) is 0. The Morgan fingerprint density at radius 2 is 1.19 bits per heavy atom. The molecule has 10 atom stereocenters. The molecule has 0 aromatic rings.